The Kier molecular flexibility index (Phi) is 27.3. The van der Waals surface area contributed by atoms with Crippen molar-refractivity contribution in [3.63, 3.8) is 0 Å². The Morgan fingerprint density at radius 2 is 1.03 bits per heavy atom. The van der Waals surface area contributed by atoms with Crippen molar-refractivity contribution in [1.29, 1.82) is 0 Å². The molecule has 4 amide bonds. The van der Waals surface area contributed by atoms with E-state index in [-0.39, 0.29) is 103 Å². The molecule has 1 aliphatic heterocycles. The van der Waals surface area contributed by atoms with Crippen LogP contribution in [-0.4, -0.2) is 209 Å². The van der Waals surface area contributed by atoms with Gasteiger partial charge in [-0.05, 0) is 50.5 Å². The summed E-state index contributed by atoms with van der Waals surface area (Å²) in [7, 11) is 0. The lowest BCUT2D eigenvalue weighted by Crippen LogP contribution is -2.53. The number of hydrogen-bond donors (Lipinski definition) is 8. The monoisotopic (exact) mass is 860 g/mol. The number of carbonyl (C=O) groups is 9. The van der Waals surface area contributed by atoms with Gasteiger partial charge in [0.1, 0.15) is 17.9 Å². The van der Waals surface area contributed by atoms with Gasteiger partial charge in [0.25, 0.3) is 0 Å². The Morgan fingerprint density at radius 1 is 0.559 bits per heavy atom. The van der Waals surface area contributed by atoms with Crippen molar-refractivity contribution in [3.05, 3.63) is 0 Å². The molecule has 1 aliphatic rings. The van der Waals surface area contributed by atoms with Gasteiger partial charge in [-0.3, -0.25) is 58.0 Å². The fourth-order valence-corrected chi connectivity index (χ4v) is 6.57. The van der Waals surface area contributed by atoms with Crippen molar-refractivity contribution in [2.45, 2.75) is 76.8 Å². The van der Waals surface area contributed by atoms with Crippen LogP contribution in [0.25, 0.3) is 0 Å². The molecule has 8 N–H and O–H groups in total. The maximum Gasteiger partial charge on any atom is 0.326 e. The van der Waals surface area contributed by atoms with Gasteiger partial charge in [0.15, 0.2) is 0 Å². The lowest BCUT2D eigenvalue weighted by Gasteiger charge is -2.33. The summed E-state index contributed by atoms with van der Waals surface area (Å²) in [4.78, 5) is 116. The molecule has 59 heavy (non-hydrogen) atoms. The lowest BCUT2D eigenvalue weighted by molar-refractivity contribution is -0.142. The number of carboxylic acids is 4. The molecule has 0 saturated carbocycles. The number of nitrogens with zero attached hydrogens (tertiary/aromatic N) is 4. The standard InChI is InChI=1S/C37H64N8O13S/c1-3-27(46)8-4-5-10-30(47)38-12-7-6-9-29(37(57)58)41-31(48)22-39-36(56)28(11-21-59-2)40-32(49)23-42-13-15-43(24-33(50)51)17-19-45(26-35(54)55)20-18-44(16-14-42)25-34(52)53/h28-29H,3-26H2,1-2H3,(H,38,47)(H,39,56)(H,40,49)(H,41,48)(H,50,51)(H,52,53)(H,54,55)(H,57,58). The molecule has 0 aromatic carbocycles. The van der Waals surface area contributed by atoms with Gasteiger partial charge in [-0.2, -0.15) is 11.8 Å². The molecule has 0 aliphatic carbocycles. The van der Waals surface area contributed by atoms with E-state index in [1.807, 2.05) is 6.26 Å². The smallest absolute Gasteiger partial charge is 0.326 e. The number of unbranched alkanes of at least 4 members (excludes halogenated alkanes) is 2. The second kappa shape index (κ2) is 30.6. The molecule has 1 rings (SSSR count). The summed E-state index contributed by atoms with van der Waals surface area (Å²) in [6.07, 6.45) is 5.41. The zero-order valence-electron chi connectivity index (χ0n) is 34.3. The molecule has 0 spiro atoms. The largest absolute Gasteiger partial charge is 0.480 e. The average Bonchev–Trinajstić information content (AvgIpc) is 3.16. The Labute approximate surface area is 349 Å². The molecule has 1 saturated heterocycles. The third kappa shape index (κ3) is 26.4. The van der Waals surface area contributed by atoms with Crippen molar-refractivity contribution in [2.75, 3.05) is 104 Å². The minimum atomic E-state index is -1.26. The Bertz CT molecular complexity index is 1360. The van der Waals surface area contributed by atoms with Crippen LogP contribution in [0.2, 0.25) is 0 Å². The van der Waals surface area contributed by atoms with Crippen LogP contribution >= 0.6 is 11.8 Å². The van der Waals surface area contributed by atoms with Gasteiger partial charge in [0.05, 0.1) is 32.7 Å². The minimum absolute atomic E-state index is 0.0816. The molecule has 0 aromatic rings. The second-order valence-electron chi connectivity index (χ2n) is 14.3. The van der Waals surface area contributed by atoms with E-state index in [1.54, 1.807) is 26.5 Å². The summed E-state index contributed by atoms with van der Waals surface area (Å²) in [5, 5.41) is 48.2. The van der Waals surface area contributed by atoms with Crippen LogP contribution in [0, 0.1) is 0 Å². The van der Waals surface area contributed by atoms with Crippen molar-refractivity contribution in [3.8, 4) is 0 Å². The molecule has 21 nitrogen and oxygen atoms in total. The average molecular weight is 861 g/mol. The molecule has 22 heteroatoms. The maximum atomic E-state index is 13.4. The van der Waals surface area contributed by atoms with Gasteiger partial charge in [-0.1, -0.05) is 6.92 Å². The third-order valence-electron chi connectivity index (χ3n) is 9.44. The van der Waals surface area contributed by atoms with E-state index in [0.29, 0.717) is 57.2 Å². The number of carboxylic acid groups (broad SMARTS) is 4. The van der Waals surface area contributed by atoms with E-state index in [1.165, 1.54) is 11.8 Å². The molecule has 2 unspecified atom stereocenters. The fraction of sp³-hybridized carbons (Fsp3) is 0.757. The molecule has 2 atom stereocenters. The number of rotatable bonds is 28. The van der Waals surface area contributed by atoms with Gasteiger partial charge < -0.3 is 41.7 Å². The topological polar surface area (TPSA) is 296 Å². The highest BCUT2D eigenvalue weighted by molar-refractivity contribution is 7.98. The van der Waals surface area contributed by atoms with Crippen LogP contribution < -0.4 is 21.3 Å². The number of amides is 4. The quantitative estimate of drug-likeness (QED) is 0.0403. The van der Waals surface area contributed by atoms with Crippen molar-refractivity contribution in [1.82, 2.24) is 40.9 Å². The van der Waals surface area contributed by atoms with E-state index < -0.39 is 60.2 Å². The molecular weight excluding hydrogens is 797 g/mol. The molecule has 1 heterocycles. The van der Waals surface area contributed by atoms with E-state index in [4.69, 9.17) is 0 Å². The normalized spacial score (nSPS) is 16.0. The highest BCUT2D eigenvalue weighted by Gasteiger charge is 2.26. The third-order valence-corrected chi connectivity index (χ3v) is 10.1. The number of aliphatic carboxylic acids is 4. The second-order valence-corrected chi connectivity index (χ2v) is 15.3. The zero-order valence-corrected chi connectivity index (χ0v) is 35.1. The molecular formula is C37H64N8O13S. The van der Waals surface area contributed by atoms with Gasteiger partial charge in [0, 0.05) is 78.2 Å². The first-order chi connectivity index (χ1) is 28.0. The summed E-state index contributed by atoms with van der Waals surface area (Å²) < 4.78 is 0. The summed E-state index contributed by atoms with van der Waals surface area (Å²) in [5.41, 5.74) is 0. The number of thioether (sulfide) groups is 1. The van der Waals surface area contributed by atoms with Crippen LogP contribution in [0.15, 0.2) is 0 Å². The number of ketones is 1. The Hall–Kier alpha value is -4.38. The molecule has 336 valence electrons. The number of nitrogens with one attached hydrogen (secondary N) is 4. The molecule has 1 fully saturated rings. The number of hydrogen-bond acceptors (Lipinski definition) is 14. The lowest BCUT2D eigenvalue weighted by atomic mass is 10.1. The van der Waals surface area contributed by atoms with E-state index in [9.17, 15) is 63.6 Å². The van der Waals surface area contributed by atoms with E-state index >= 15 is 0 Å². The maximum absolute atomic E-state index is 13.4. The van der Waals surface area contributed by atoms with Gasteiger partial charge in [-0.15, -0.1) is 0 Å². The zero-order chi connectivity index (χ0) is 44.2. The first kappa shape index (κ1) is 52.6. The molecule has 0 radical (unpaired) electrons. The predicted octanol–water partition coefficient (Wildman–Crippen LogP) is -1.79. The predicted molar refractivity (Wildman–Crippen MR) is 217 cm³/mol. The Morgan fingerprint density at radius 3 is 1.49 bits per heavy atom. The summed E-state index contributed by atoms with van der Waals surface area (Å²) in [6.45, 7) is 2.04. The van der Waals surface area contributed by atoms with E-state index in [2.05, 4.69) is 21.3 Å². The van der Waals surface area contributed by atoms with E-state index in [0.717, 1.165) is 0 Å². The number of Topliss-reactive ketones (excluding diaryl/α,β-unsaturated/α-hetero) is 1. The van der Waals surface area contributed by atoms with Gasteiger partial charge in [0.2, 0.25) is 23.6 Å². The molecule has 0 bridgehead atoms. The fourth-order valence-electron chi connectivity index (χ4n) is 6.10. The van der Waals surface area contributed by atoms with Gasteiger partial charge >= 0.3 is 23.9 Å². The van der Waals surface area contributed by atoms with Crippen LogP contribution in [0.4, 0.5) is 0 Å². The van der Waals surface area contributed by atoms with Crippen LogP contribution in [-0.2, 0) is 43.2 Å². The summed E-state index contributed by atoms with van der Waals surface area (Å²) in [6, 6.07) is -2.29. The summed E-state index contributed by atoms with van der Waals surface area (Å²) >= 11 is 1.43. The first-order valence-electron chi connectivity index (χ1n) is 19.9. The van der Waals surface area contributed by atoms with Crippen molar-refractivity contribution >= 4 is 65.1 Å². The van der Waals surface area contributed by atoms with Crippen molar-refractivity contribution < 1.29 is 63.6 Å². The SMILES string of the molecule is CCC(=O)CCCCC(=O)NCCCCC(NC(=O)CNC(=O)C(CCSC)NC(=O)CN1CCN(CC(=O)O)CCN(CC(=O)O)CCN(CC(=O)O)CC1)C(=O)O. The molecule has 0 aromatic heterocycles. The highest BCUT2D eigenvalue weighted by atomic mass is 32.2. The first-order valence-corrected chi connectivity index (χ1v) is 21.3. The Balaban J connectivity index is 2.79. The van der Waals surface area contributed by atoms with Crippen molar-refractivity contribution in [2.24, 2.45) is 0 Å². The van der Waals surface area contributed by atoms with Crippen LogP contribution in [0.1, 0.15) is 64.7 Å². The van der Waals surface area contributed by atoms with Crippen LogP contribution in [0.5, 0.6) is 0 Å². The van der Waals surface area contributed by atoms with Gasteiger partial charge in [-0.25, -0.2) is 4.79 Å². The highest BCUT2D eigenvalue weighted by Crippen LogP contribution is 2.06. The van der Waals surface area contributed by atoms with Crippen LogP contribution in [0.3, 0.4) is 0 Å². The number of carbonyl (C=O) groups excluding carboxylic acids is 5. The minimum Gasteiger partial charge on any atom is -0.480 e. The summed E-state index contributed by atoms with van der Waals surface area (Å²) in [5.74, 6) is -6.00.